The van der Waals surface area contributed by atoms with Gasteiger partial charge in [-0.15, -0.1) is 11.3 Å². The number of alkyl halides is 3. The number of carboxylic acids is 1. The molecule has 0 fully saturated rings. The van der Waals surface area contributed by atoms with Gasteiger partial charge >= 0.3 is 18.1 Å². The Morgan fingerprint density at radius 1 is 1.08 bits per heavy atom. The molecule has 0 unspecified atom stereocenters. The first kappa shape index (κ1) is 18.5. The fourth-order valence-corrected chi connectivity index (χ4v) is 3.05. The van der Waals surface area contributed by atoms with Crippen molar-refractivity contribution in [1.29, 1.82) is 0 Å². The average molecular weight is 372 g/mol. The van der Waals surface area contributed by atoms with E-state index >= 15 is 0 Å². The lowest BCUT2D eigenvalue weighted by atomic mass is 10.1. The maximum absolute atomic E-state index is 12.4. The Morgan fingerprint density at radius 3 is 2.20 bits per heavy atom. The van der Waals surface area contributed by atoms with Crippen molar-refractivity contribution < 1.29 is 32.7 Å². The number of amides is 2. The second-order valence-corrected chi connectivity index (χ2v) is 5.86. The maximum Gasteiger partial charge on any atom is 0.471 e. The first-order chi connectivity index (χ1) is 11.6. The minimum absolute atomic E-state index is 0.0385. The number of carbonyl (C=O) groups excluding carboxylic acids is 2. The Labute approximate surface area is 143 Å². The molecular weight excluding hydrogens is 361 g/mol. The van der Waals surface area contributed by atoms with Crippen molar-refractivity contribution in [3.8, 4) is 0 Å². The predicted octanol–water partition coefficient (Wildman–Crippen LogP) is 3.51. The molecule has 0 spiro atoms. The number of aromatic carboxylic acids is 1. The molecule has 1 aromatic carbocycles. The molecule has 0 saturated heterocycles. The van der Waals surface area contributed by atoms with Crippen LogP contribution in [0.3, 0.4) is 0 Å². The van der Waals surface area contributed by atoms with E-state index in [9.17, 15) is 32.7 Å². The van der Waals surface area contributed by atoms with Crippen LogP contribution in [0.4, 0.5) is 23.9 Å². The number of hydrogen-bond donors (Lipinski definition) is 3. The number of anilines is 2. The van der Waals surface area contributed by atoms with Crippen LogP contribution in [0, 0.1) is 6.92 Å². The van der Waals surface area contributed by atoms with Crippen molar-refractivity contribution in [2.75, 3.05) is 10.6 Å². The van der Waals surface area contributed by atoms with E-state index in [1.807, 2.05) is 0 Å². The van der Waals surface area contributed by atoms with Gasteiger partial charge < -0.3 is 15.7 Å². The molecule has 0 aliphatic carbocycles. The molecule has 25 heavy (non-hydrogen) atoms. The van der Waals surface area contributed by atoms with Crippen LogP contribution in [0.1, 0.15) is 25.6 Å². The summed E-state index contributed by atoms with van der Waals surface area (Å²) < 4.78 is 37.2. The SMILES string of the molecule is Cc1c(C(=O)Nc2ccccc2)sc(NC(=O)C(F)(F)F)c1C(=O)O. The quantitative estimate of drug-likeness (QED) is 0.765. The van der Waals surface area contributed by atoms with Gasteiger partial charge in [-0.05, 0) is 24.6 Å². The van der Waals surface area contributed by atoms with E-state index in [2.05, 4.69) is 5.32 Å². The lowest BCUT2D eigenvalue weighted by Crippen LogP contribution is -2.30. The number of benzene rings is 1. The molecule has 132 valence electrons. The molecule has 10 heteroatoms. The third kappa shape index (κ3) is 4.15. The zero-order valence-electron chi connectivity index (χ0n) is 12.6. The summed E-state index contributed by atoms with van der Waals surface area (Å²) in [6, 6.07) is 8.22. The summed E-state index contributed by atoms with van der Waals surface area (Å²) in [5.74, 6) is -4.56. The first-order valence-corrected chi connectivity index (χ1v) is 7.54. The van der Waals surface area contributed by atoms with Gasteiger partial charge in [-0.25, -0.2) is 4.79 Å². The molecule has 3 N–H and O–H groups in total. The van der Waals surface area contributed by atoms with Crippen molar-refractivity contribution in [2.24, 2.45) is 0 Å². The molecule has 2 amide bonds. The van der Waals surface area contributed by atoms with E-state index in [1.54, 1.807) is 30.3 Å². The van der Waals surface area contributed by atoms with E-state index in [-0.39, 0.29) is 10.4 Å². The largest absolute Gasteiger partial charge is 0.478 e. The zero-order chi connectivity index (χ0) is 18.8. The summed E-state index contributed by atoms with van der Waals surface area (Å²) in [6.45, 7) is 1.28. The minimum Gasteiger partial charge on any atom is -0.478 e. The molecule has 6 nitrogen and oxygen atoms in total. The van der Waals surface area contributed by atoms with Crippen molar-refractivity contribution in [1.82, 2.24) is 0 Å². The first-order valence-electron chi connectivity index (χ1n) is 6.72. The molecule has 1 aromatic heterocycles. The van der Waals surface area contributed by atoms with Crippen LogP contribution in [-0.2, 0) is 4.79 Å². The summed E-state index contributed by atoms with van der Waals surface area (Å²) in [6.07, 6.45) is -5.18. The van der Waals surface area contributed by atoms with Crippen molar-refractivity contribution in [3.63, 3.8) is 0 Å². The predicted molar refractivity (Wildman–Crippen MR) is 85.1 cm³/mol. The molecule has 0 atom stereocenters. The van der Waals surface area contributed by atoms with Gasteiger partial charge in [0.25, 0.3) is 5.91 Å². The highest BCUT2D eigenvalue weighted by Gasteiger charge is 2.40. The molecular formula is C15H11F3N2O4S. The smallest absolute Gasteiger partial charge is 0.471 e. The van der Waals surface area contributed by atoms with E-state index in [1.165, 1.54) is 12.2 Å². The van der Waals surface area contributed by atoms with Gasteiger partial charge in [0.1, 0.15) is 5.00 Å². The molecule has 0 aliphatic heterocycles. The van der Waals surface area contributed by atoms with Crippen LogP contribution >= 0.6 is 11.3 Å². The molecule has 2 aromatic rings. The number of nitrogens with one attached hydrogen (secondary N) is 2. The van der Waals surface area contributed by atoms with Gasteiger partial charge in [0.2, 0.25) is 0 Å². The lowest BCUT2D eigenvalue weighted by Gasteiger charge is -2.06. The summed E-state index contributed by atoms with van der Waals surface area (Å²) in [4.78, 5) is 34.5. The van der Waals surface area contributed by atoms with Crippen molar-refractivity contribution in [2.45, 2.75) is 13.1 Å². The number of thiophene rings is 1. The number of halogens is 3. The van der Waals surface area contributed by atoms with Crippen LogP contribution in [0.25, 0.3) is 0 Å². The van der Waals surface area contributed by atoms with E-state index in [0.717, 1.165) is 0 Å². The monoisotopic (exact) mass is 372 g/mol. The van der Waals surface area contributed by atoms with E-state index in [0.29, 0.717) is 17.0 Å². The van der Waals surface area contributed by atoms with Crippen LogP contribution < -0.4 is 10.6 Å². The van der Waals surface area contributed by atoms with Gasteiger partial charge in [0.05, 0.1) is 10.4 Å². The van der Waals surface area contributed by atoms with Crippen LogP contribution in [0.5, 0.6) is 0 Å². The highest BCUT2D eigenvalue weighted by atomic mass is 32.1. The van der Waals surface area contributed by atoms with Gasteiger partial charge in [-0.3, -0.25) is 9.59 Å². The minimum atomic E-state index is -5.18. The Hall–Kier alpha value is -2.88. The lowest BCUT2D eigenvalue weighted by molar-refractivity contribution is -0.167. The number of rotatable bonds is 4. The average Bonchev–Trinajstić information content (AvgIpc) is 2.84. The molecule has 0 aliphatic rings. The third-order valence-electron chi connectivity index (χ3n) is 3.08. The Morgan fingerprint density at radius 2 is 1.68 bits per heavy atom. The van der Waals surface area contributed by atoms with E-state index < -0.39 is 34.5 Å². The second kappa shape index (κ2) is 6.93. The van der Waals surface area contributed by atoms with Gasteiger partial charge in [0.15, 0.2) is 0 Å². The highest BCUT2D eigenvalue weighted by Crippen LogP contribution is 2.34. The number of carboxylic acid groups (broad SMARTS) is 1. The molecule has 0 radical (unpaired) electrons. The fraction of sp³-hybridized carbons (Fsp3) is 0.133. The zero-order valence-corrected chi connectivity index (χ0v) is 13.4. The van der Waals surface area contributed by atoms with Crippen LogP contribution in [0.15, 0.2) is 30.3 Å². The third-order valence-corrected chi connectivity index (χ3v) is 4.29. The summed E-state index contributed by atoms with van der Waals surface area (Å²) >= 11 is 0.461. The van der Waals surface area contributed by atoms with Crippen LogP contribution in [0.2, 0.25) is 0 Å². The normalized spacial score (nSPS) is 11.0. The topological polar surface area (TPSA) is 95.5 Å². The number of para-hydroxylation sites is 1. The van der Waals surface area contributed by atoms with Crippen molar-refractivity contribution >= 4 is 39.8 Å². The molecule has 0 bridgehead atoms. The standard InChI is InChI=1S/C15H11F3N2O4S/c1-7-9(13(22)23)12(20-14(24)15(16,17)18)25-10(7)11(21)19-8-5-3-2-4-6-8/h2-6H,1H3,(H,19,21)(H,20,24)(H,22,23). The van der Waals surface area contributed by atoms with E-state index in [4.69, 9.17) is 0 Å². The second-order valence-electron chi connectivity index (χ2n) is 4.84. The van der Waals surface area contributed by atoms with Crippen molar-refractivity contribution in [3.05, 3.63) is 46.3 Å². The Bertz CT molecular complexity index is 831. The maximum atomic E-state index is 12.4. The van der Waals surface area contributed by atoms with Gasteiger partial charge in [-0.1, -0.05) is 18.2 Å². The number of hydrogen-bond acceptors (Lipinski definition) is 4. The summed E-state index contributed by atoms with van der Waals surface area (Å²) in [5.41, 5.74) is -0.165. The highest BCUT2D eigenvalue weighted by molar-refractivity contribution is 7.18. The Balaban J connectivity index is 2.37. The molecule has 2 rings (SSSR count). The van der Waals surface area contributed by atoms with Gasteiger partial charge in [-0.2, -0.15) is 13.2 Å². The molecule has 1 heterocycles. The summed E-state index contributed by atoms with van der Waals surface area (Å²) in [5, 5.41) is 12.7. The van der Waals surface area contributed by atoms with Crippen LogP contribution in [-0.4, -0.2) is 29.1 Å². The fourth-order valence-electron chi connectivity index (χ4n) is 1.96. The summed E-state index contributed by atoms with van der Waals surface area (Å²) in [7, 11) is 0. The molecule has 0 saturated carbocycles. The number of carbonyl (C=O) groups is 3. The Kier molecular flexibility index (Phi) is 5.12. The van der Waals surface area contributed by atoms with Gasteiger partial charge in [0, 0.05) is 5.69 Å².